The molecule has 1 heterocycles. The highest BCUT2D eigenvalue weighted by molar-refractivity contribution is 5.43. The molecule has 0 bridgehead atoms. The van der Waals surface area contributed by atoms with Gasteiger partial charge in [0, 0.05) is 13.2 Å². The summed E-state index contributed by atoms with van der Waals surface area (Å²) in [7, 11) is 0. The number of hydrogen-bond donors (Lipinski definition) is 3. The zero-order chi connectivity index (χ0) is 10.9. The molecule has 5 nitrogen and oxygen atoms in total. The minimum absolute atomic E-state index is 0.0763. The van der Waals surface area contributed by atoms with E-state index in [1.54, 1.807) is 12.3 Å². The van der Waals surface area contributed by atoms with Crippen molar-refractivity contribution in [3.63, 3.8) is 0 Å². The number of pyridine rings is 1. The van der Waals surface area contributed by atoms with E-state index >= 15 is 0 Å². The quantitative estimate of drug-likeness (QED) is 0.571. The zero-order valence-electron chi connectivity index (χ0n) is 8.65. The average molecular weight is 211 g/mol. The van der Waals surface area contributed by atoms with E-state index in [-0.39, 0.29) is 6.61 Å². The molecule has 4 N–H and O–H groups in total. The molecule has 0 saturated carbocycles. The van der Waals surface area contributed by atoms with Crippen molar-refractivity contribution in [1.82, 2.24) is 4.98 Å². The summed E-state index contributed by atoms with van der Waals surface area (Å²) in [6, 6.07) is 3.64. The van der Waals surface area contributed by atoms with Gasteiger partial charge in [-0.05, 0) is 18.6 Å². The topological polar surface area (TPSA) is 80.4 Å². The number of aliphatic hydroxyl groups is 1. The fourth-order valence-electron chi connectivity index (χ4n) is 1.07. The smallest absolute Gasteiger partial charge is 0.126 e. The van der Waals surface area contributed by atoms with Gasteiger partial charge in [-0.15, -0.1) is 0 Å². The van der Waals surface area contributed by atoms with Crippen LogP contribution in [0.25, 0.3) is 0 Å². The van der Waals surface area contributed by atoms with E-state index in [2.05, 4.69) is 10.3 Å². The molecule has 0 fully saturated rings. The number of aromatic nitrogens is 1. The number of ether oxygens (including phenoxy) is 1. The van der Waals surface area contributed by atoms with Gasteiger partial charge in [0.15, 0.2) is 0 Å². The maximum absolute atomic E-state index is 8.46. The predicted octanol–water partition coefficient (Wildman–Crippen LogP) is 0.475. The lowest BCUT2D eigenvalue weighted by Crippen LogP contribution is -2.08. The Hall–Kier alpha value is -1.33. The van der Waals surface area contributed by atoms with Crippen molar-refractivity contribution in [1.29, 1.82) is 0 Å². The van der Waals surface area contributed by atoms with Gasteiger partial charge in [-0.25, -0.2) is 4.98 Å². The lowest BCUT2D eigenvalue weighted by molar-refractivity contribution is 0.0922. The Morgan fingerprint density at radius 1 is 1.40 bits per heavy atom. The van der Waals surface area contributed by atoms with E-state index in [4.69, 9.17) is 15.6 Å². The zero-order valence-corrected chi connectivity index (χ0v) is 8.65. The Morgan fingerprint density at radius 3 is 2.93 bits per heavy atom. The monoisotopic (exact) mass is 211 g/mol. The van der Waals surface area contributed by atoms with Crippen LogP contribution in [0.4, 0.5) is 11.5 Å². The highest BCUT2D eigenvalue weighted by Crippen LogP contribution is 2.05. The first-order valence-electron chi connectivity index (χ1n) is 4.97. The third-order valence-electron chi connectivity index (χ3n) is 1.79. The first-order chi connectivity index (χ1) is 7.33. The van der Waals surface area contributed by atoms with Gasteiger partial charge in [0.05, 0.1) is 25.1 Å². The molecule has 0 aliphatic rings. The van der Waals surface area contributed by atoms with Crippen LogP contribution < -0.4 is 11.1 Å². The van der Waals surface area contributed by atoms with Crippen molar-refractivity contribution in [2.45, 2.75) is 6.42 Å². The minimum Gasteiger partial charge on any atom is -0.397 e. The van der Waals surface area contributed by atoms with Crippen LogP contribution in [0.3, 0.4) is 0 Å². The van der Waals surface area contributed by atoms with Gasteiger partial charge in [-0.2, -0.15) is 0 Å². The minimum atomic E-state index is 0.0763. The molecule has 0 spiro atoms. The standard InChI is InChI=1S/C10H17N3O2/c11-9-2-3-10(13-8-9)12-4-1-6-15-7-5-14/h2-3,8,14H,1,4-7,11H2,(H,12,13). The van der Waals surface area contributed by atoms with Gasteiger partial charge in [-0.1, -0.05) is 0 Å². The molecule has 5 heteroatoms. The summed E-state index contributed by atoms with van der Waals surface area (Å²) in [4.78, 5) is 4.10. The molecule has 0 saturated heterocycles. The van der Waals surface area contributed by atoms with Gasteiger partial charge in [-0.3, -0.25) is 0 Å². The third-order valence-corrected chi connectivity index (χ3v) is 1.79. The maximum atomic E-state index is 8.46. The Morgan fingerprint density at radius 2 is 2.27 bits per heavy atom. The number of nitrogen functional groups attached to an aromatic ring is 1. The highest BCUT2D eigenvalue weighted by atomic mass is 16.5. The number of hydrogen-bond acceptors (Lipinski definition) is 5. The summed E-state index contributed by atoms with van der Waals surface area (Å²) in [6.07, 6.45) is 2.50. The van der Waals surface area contributed by atoms with E-state index in [1.165, 1.54) is 0 Å². The number of nitrogens with zero attached hydrogens (tertiary/aromatic N) is 1. The molecule has 0 aliphatic carbocycles. The van der Waals surface area contributed by atoms with E-state index in [0.717, 1.165) is 18.8 Å². The Balaban J connectivity index is 2.07. The molecule has 84 valence electrons. The van der Waals surface area contributed by atoms with Gasteiger partial charge in [0.2, 0.25) is 0 Å². The summed E-state index contributed by atoms with van der Waals surface area (Å²) in [5, 5.41) is 11.6. The van der Waals surface area contributed by atoms with Crippen molar-refractivity contribution in [3.05, 3.63) is 18.3 Å². The average Bonchev–Trinajstić information content (AvgIpc) is 2.26. The second kappa shape index (κ2) is 7.03. The molecule has 1 aromatic heterocycles. The summed E-state index contributed by atoms with van der Waals surface area (Å²) in [5.41, 5.74) is 6.16. The van der Waals surface area contributed by atoms with E-state index in [1.807, 2.05) is 6.07 Å². The van der Waals surface area contributed by atoms with E-state index in [0.29, 0.717) is 18.9 Å². The summed E-state index contributed by atoms with van der Waals surface area (Å²) in [6.45, 7) is 1.91. The van der Waals surface area contributed by atoms with Crippen LogP contribution in [-0.2, 0) is 4.74 Å². The molecule has 0 unspecified atom stereocenters. The van der Waals surface area contributed by atoms with Crippen LogP contribution in [-0.4, -0.2) is 36.5 Å². The van der Waals surface area contributed by atoms with Crippen molar-refractivity contribution in [2.24, 2.45) is 0 Å². The summed E-state index contributed by atoms with van der Waals surface area (Å²) < 4.78 is 5.11. The first kappa shape index (κ1) is 11.7. The van der Waals surface area contributed by atoms with Crippen LogP contribution in [0, 0.1) is 0 Å². The molecule has 0 amide bonds. The second-order valence-electron chi connectivity index (χ2n) is 3.09. The van der Waals surface area contributed by atoms with Crippen LogP contribution in [0.15, 0.2) is 18.3 Å². The third kappa shape index (κ3) is 5.19. The molecule has 0 radical (unpaired) electrons. The SMILES string of the molecule is Nc1ccc(NCCCOCCO)nc1. The first-order valence-corrected chi connectivity index (χ1v) is 4.97. The lowest BCUT2D eigenvalue weighted by atomic mass is 10.4. The highest BCUT2D eigenvalue weighted by Gasteiger charge is 1.93. The molecule has 0 atom stereocenters. The lowest BCUT2D eigenvalue weighted by Gasteiger charge is -2.05. The Labute approximate surface area is 89.3 Å². The van der Waals surface area contributed by atoms with Crippen LogP contribution in [0.5, 0.6) is 0 Å². The van der Waals surface area contributed by atoms with Crippen molar-refractivity contribution < 1.29 is 9.84 Å². The summed E-state index contributed by atoms with van der Waals surface area (Å²) in [5.74, 6) is 0.811. The van der Waals surface area contributed by atoms with Crippen molar-refractivity contribution in [2.75, 3.05) is 37.4 Å². The molecule has 0 aliphatic heterocycles. The van der Waals surface area contributed by atoms with Crippen LogP contribution in [0.1, 0.15) is 6.42 Å². The van der Waals surface area contributed by atoms with Crippen LogP contribution >= 0.6 is 0 Å². The number of nitrogens with one attached hydrogen (secondary N) is 1. The molecule has 0 aromatic carbocycles. The van der Waals surface area contributed by atoms with Crippen molar-refractivity contribution >= 4 is 11.5 Å². The van der Waals surface area contributed by atoms with Gasteiger partial charge < -0.3 is 20.9 Å². The molecule has 1 rings (SSSR count). The maximum Gasteiger partial charge on any atom is 0.126 e. The number of nitrogens with two attached hydrogens (primary N) is 1. The fourth-order valence-corrected chi connectivity index (χ4v) is 1.07. The number of anilines is 2. The van der Waals surface area contributed by atoms with Gasteiger partial charge in [0.1, 0.15) is 5.82 Å². The molecular formula is C10H17N3O2. The number of aliphatic hydroxyl groups excluding tert-OH is 1. The predicted molar refractivity (Wildman–Crippen MR) is 59.7 cm³/mol. The number of rotatable bonds is 7. The van der Waals surface area contributed by atoms with Crippen LogP contribution in [0.2, 0.25) is 0 Å². The Bertz CT molecular complexity index is 264. The van der Waals surface area contributed by atoms with Crippen molar-refractivity contribution in [3.8, 4) is 0 Å². The van der Waals surface area contributed by atoms with E-state index in [9.17, 15) is 0 Å². The largest absolute Gasteiger partial charge is 0.397 e. The molecule has 15 heavy (non-hydrogen) atoms. The van der Waals surface area contributed by atoms with E-state index < -0.39 is 0 Å². The fraction of sp³-hybridized carbons (Fsp3) is 0.500. The normalized spacial score (nSPS) is 10.2. The molecular weight excluding hydrogens is 194 g/mol. The molecule has 1 aromatic rings. The Kier molecular flexibility index (Phi) is 5.50. The van der Waals surface area contributed by atoms with Gasteiger partial charge >= 0.3 is 0 Å². The van der Waals surface area contributed by atoms with Gasteiger partial charge in [0.25, 0.3) is 0 Å². The summed E-state index contributed by atoms with van der Waals surface area (Å²) >= 11 is 0. The second-order valence-corrected chi connectivity index (χ2v) is 3.09.